The van der Waals surface area contributed by atoms with Gasteiger partial charge in [0.15, 0.2) is 11.0 Å². The summed E-state index contributed by atoms with van der Waals surface area (Å²) in [5.74, 6) is -3.69. The minimum atomic E-state index is -4.74. The summed E-state index contributed by atoms with van der Waals surface area (Å²) in [7, 11) is 0. The molecule has 0 unspecified atom stereocenters. The number of alkyl halides is 3. The number of nitrogens with zero attached hydrogens (tertiary/aromatic N) is 1. The highest BCUT2D eigenvalue weighted by Crippen LogP contribution is 2.58. The van der Waals surface area contributed by atoms with E-state index < -0.39 is 46.9 Å². The number of ether oxygens (including phenoxy) is 1. The van der Waals surface area contributed by atoms with Crippen LogP contribution >= 0.6 is 11.6 Å². The number of hydrogen-bond donors (Lipinski definition) is 2. The first-order valence-corrected chi connectivity index (χ1v) is 10.7. The monoisotopic (exact) mass is 497 g/mol. The third kappa shape index (κ3) is 3.56. The number of nitrogens with two attached hydrogens (primary N) is 1. The summed E-state index contributed by atoms with van der Waals surface area (Å²) in [6.45, 7) is 3.85. The Labute approximate surface area is 196 Å². The van der Waals surface area contributed by atoms with Gasteiger partial charge in [0.2, 0.25) is 0 Å². The first-order chi connectivity index (χ1) is 15.8. The van der Waals surface area contributed by atoms with Gasteiger partial charge in [-0.05, 0) is 37.1 Å². The highest BCUT2D eigenvalue weighted by atomic mass is 35.5. The van der Waals surface area contributed by atoms with Gasteiger partial charge in [0.1, 0.15) is 17.6 Å². The largest absolute Gasteiger partial charge is 0.417 e. The fourth-order valence-corrected chi connectivity index (χ4v) is 4.82. The Hall–Kier alpha value is -2.98. The van der Waals surface area contributed by atoms with Gasteiger partial charge in [0, 0.05) is 29.8 Å². The third-order valence-electron chi connectivity index (χ3n) is 6.71. The number of primary amides is 1. The summed E-state index contributed by atoms with van der Waals surface area (Å²) in [6, 6.07) is 4.95. The molecule has 1 aliphatic rings. The SMILES string of the molecule is Cc1c([C@H]2[C@H](c3cc(=O)c4c(C(N)=O)nccc4[nH]3)O[C@@](C)(C(F)(F)F)[C@H]2C)ccc(F)c1Cl. The number of carbonyl (C=O) groups excluding carboxylic acids is 1. The predicted molar refractivity (Wildman–Crippen MR) is 117 cm³/mol. The number of amides is 1. The molecule has 0 radical (unpaired) electrons. The van der Waals surface area contributed by atoms with E-state index in [1.54, 1.807) is 0 Å². The normalized spacial score (nSPS) is 25.1. The van der Waals surface area contributed by atoms with Crippen LogP contribution in [0.2, 0.25) is 5.02 Å². The van der Waals surface area contributed by atoms with Crippen molar-refractivity contribution in [3.05, 3.63) is 74.0 Å². The summed E-state index contributed by atoms with van der Waals surface area (Å²) >= 11 is 6.07. The number of nitrogens with one attached hydrogen (secondary N) is 1. The second-order valence-corrected chi connectivity index (χ2v) is 8.95. The number of benzene rings is 1. The molecule has 11 heteroatoms. The highest BCUT2D eigenvalue weighted by Gasteiger charge is 2.64. The Bertz CT molecular complexity index is 1370. The van der Waals surface area contributed by atoms with Gasteiger partial charge in [-0.1, -0.05) is 24.6 Å². The number of H-pyrrole nitrogens is 1. The van der Waals surface area contributed by atoms with Gasteiger partial charge in [-0.2, -0.15) is 13.2 Å². The van der Waals surface area contributed by atoms with Crippen molar-refractivity contribution >= 4 is 28.4 Å². The number of pyridine rings is 2. The molecular formula is C23H20ClF4N3O3. The van der Waals surface area contributed by atoms with Crippen LogP contribution in [0, 0.1) is 18.7 Å². The van der Waals surface area contributed by atoms with E-state index >= 15 is 0 Å². The van der Waals surface area contributed by atoms with Crippen LogP contribution < -0.4 is 11.2 Å². The minimum Gasteiger partial charge on any atom is -0.364 e. The zero-order valence-corrected chi connectivity index (χ0v) is 19.0. The Kier molecular flexibility index (Phi) is 5.72. The first-order valence-electron chi connectivity index (χ1n) is 10.3. The summed E-state index contributed by atoms with van der Waals surface area (Å²) in [6.07, 6.45) is -4.75. The molecule has 4 rings (SSSR count). The fraction of sp³-hybridized carbons (Fsp3) is 0.348. The Morgan fingerprint density at radius 2 is 1.97 bits per heavy atom. The van der Waals surface area contributed by atoms with E-state index in [0.29, 0.717) is 5.56 Å². The molecule has 3 heterocycles. The molecule has 0 spiro atoms. The van der Waals surface area contributed by atoms with E-state index in [1.165, 1.54) is 32.2 Å². The number of aromatic nitrogens is 2. The Morgan fingerprint density at radius 1 is 1.29 bits per heavy atom. The van der Waals surface area contributed by atoms with Crippen molar-refractivity contribution in [1.29, 1.82) is 0 Å². The van der Waals surface area contributed by atoms with Gasteiger partial charge < -0.3 is 15.5 Å². The average Bonchev–Trinajstić information content (AvgIpc) is 3.03. The van der Waals surface area contributed by atoms with Crippen LogP contribution in [0.25, 0.3) is 10.9 Å². The van der Waals surface area contributed by atoms with Gasteiger partial charge in [0.05, 0.1) is 15.9 Å². The number of fused-ring (bicyclic) bond motifs is 1. The maximum Gasteiger partial charge on any atom is 0.417 e. The summed E-state index contributed by atoms with van der Waals surface area (Å²) in [5.41, 5.74) is 2.68. The molecule has 3 aromatic rings. The van der Waals surface area contributed by atoms with E-state index in [0.717, 1.165) is 19.1 Å². The fourth-order valence-electron chi connectivity index (χ4n) is 4.65. The molecule has 1 amide bonds. The summed E-state index contributed by atoms with van der Waals surface area (Å²) < 4.78 is 62.1. The first kappa shape index (κ1) is 24.2. The third-order valence-corrected chi connectivity index (χ3v) is 7.18. The lowest BCUT2D eigenvalue weighted by atomic mass is 9.75. The van der Waals surface area contributed by atoms with Crippen molar-refractivity contribution in [3.8, 4) is 0 Å². The molecule has 1 aliphatic heterocycles. The van der Waals surface area contributed by atoms with E-state index in [2.05, 4.69) is 9.97 Å². The van der Waals surface area contributed by atoms with Gasteiger partial charge in [-0.25, -0.2) is 4.39 Å². The second kappa shape index (κ2) is 8.06. The van der Waals surface area contributed by atoms with Crippen molar-refractivity contribution in [2.75, 3.05) is 0 Å². The van der Waals surface area contributed by atoms with E-state index in [9.17, 15) is 27.2 Å². The molecule has 3 N–H and O–H groups in total. The van der Waals surface area contributed by atoms with Crippen LogP contribution in [0.1, 0.15) is 53.2 Å². The van der Waals surface area contributed by atoms with Crippen molar-refractivity contribution in [3.63, 3.8) is 0 Å². The smallest absolute Gasteiger partial charge is 0.364 e. The zero-order valence-electron chi connectivity index (χ0n) is 18.3. The second-order valence-electron chi connectivity index (χ2n) is 8.57. The van der Waals surface area contributed by atoms with Crippen LogP contribution in [-0.4, -0.2) is 27.7 Å². The molecule has 34 heavy (non-hydrogen) atoms. The molecule has 1 fully saturated rings. The molecule has 4 atom stereocenters. The molecule has 0 aliphatic carbocycles. The molecule has 2 aromatic heterocycles. The predicted octanol–water partition coefficient (Wildman–Crippen LogP) is 4.94. The number of carbonyl (C=O) groups is 1. The topological polar surface area (TPSA) is 98.1 Å². The number of hydrogen-bond acceptors (Lipinski definition) is 4. The van der Waals surface area contributed by atoms with Crippen LogP contribution in [0.5, 0.6) is 0 Å². The Morgan fingerprint density at radius 3 is 2.59 bits per heavy atom. The maximum absolute atomic E-state index is 14.1. The summed E-state index contributed by atoms with van der Waals surface area (Å²) in [5, 5.41) is -0.283. The lowest BCUT2D eigenvalue weighted by molar-refractivity contribution is -0.275. The van der Waals surface area contributed by atoms with Crippen molar-refractivity contribution in [2.45, 2.75) is 44.6 Å². The zero-order chi connectivity index (χ0) is 25.2. The number of rotatable bonds is 3. The molecule has 0 bridgehead atoms. The summed E-state index contributed by atoms with van der Waals surface area (Å²) in [4.78, 5) is 31.4. The Balaban J connectivity index is 1.96. The lowest BCUT2D eigenvalue weighted by Gasteiger charge is -2.32. The van der Waals surface area contributed by atoms with Crippen LogP contribution in [0.3, 0.4) is 0 Å². The van der Waals surface area contributed by atoms with Crippen LogP contribution in [0.4, 0.5) is 17.6 Å². The van der Waals surface area contributed by atoms with Gasteiger partial charge in [0.25, 0.3) is 5.91 Å². The number of halogens is 5. The highest BCUT2D eigenvalue weighted by molar-refractivity contribution is 6.31. The molecule has 1 saturated heterocycles. The quantitative estimate of drug-likeness (QED) is 0.501. The minimum absolute atomic E-state index is 0.0591. The molecule has 180 valence electrons. The molecule has 0 saturated carbocycles. The van der Waals surface area contributed by atoms with E-state index in [-0.39, 0.29) is 32.9 Å². The molecule has 6 nitrogen and oxygen atoms in total. The van der Waals surface area contributed by atoms with Gasteiger partial charge in [-0.15, -0.1) is 0 Å². The van der Waals surface area contributed by atoms with E-state index in [1.807, 2.05) is 0 Å². The van der Waals surface area contributed by atoms with Crippen molar-refractivity contribution in [1.82, 2.24) is 9.97 Å². The molecule has 1 aromatic carbocycles. The van der Waals surface area contributed by atoms with E-state index in [4.69, 9.17) is 22.1 Å². The lowest BCUT2D eigenvalue weighted by Crippen LogP contribution is -2.46. The van der Waals surface area contributed by atoms with Gasteiger partial charge in [-0.3, -0.25) is 14.6 Å². The van der Waals surface area contributed by atoms with Crippen molar-refractivity contribution < 1.29 is 27.1 Å². The molecular weight excluding hydrogens is 478 g/mol. The van der Waals surface area contributed by atoms with Gasteiger partial charge >= 0.3 is 6.18 Å². The maximum atomic E-state index is 14.1. The van der Waals surface area contributed by atoms with Crippen LogP contribution in [-0.2, 0) is 4.74 Å². The average molecular weight is 498 g/mol. The number of aromatic amines is 1. The van der Waals surface area contributed by atoms with Crippen LogP contribution in [0.15, 0.2) is 35.3 Å². The standard InChI is InChI=1S/C23H20ClF4N3O3/c1-9-11(4-5-12(25)18(9)24)16-10(2)22(3,23(26,27)28)34-20(16)14-8-15(32)17-13(31-14)6-7-30-19(17)21(29)33/h4-8,10,16,20H,1-3H3,(H2,29,33)(H,31,32)/t10-,16-,20-,22+/m0/s1. The van der Waals surface area contributed by atoms with Crippen molar-refractivity contribution in [2.24, 2.45) is 11.7 Å².